The molecule has 0 aliphatic carbocycles. The van der Waals surface area contributed by atoms with E-state index >= 15 is 0 Å². The van der Waals surface area contributed by atoms with Crippen LogP contribution >= 0.6 is 11.8 Å². The summed E-state index contributed by atoms with van der Waals surface area (Å²) < 4.78 is 5.70. The highest BCUT2D eigenvalue weighted by molar-refractivity contribution is 7.99. The summed E-state index contributed by atoms with van der Waals surface area (Å²) in [6.45, 7) is 9.22. The first-order chi connectivity index (χ1) is 13.8. The van der Waals surface area contributed by atoms with Gasteiger partial charge in [0.25, 0.3) is 5.22 Å². The van der Waals surface area contributed by atoms with Crippen molar-refractivity contribution >= 4 is 17.7 Å². The maximum absolute atomic E-state index is 12.1. The van der Waals surface area contributed by atoms with Gasteiger partial charge < -0.3 is 9.73 Å². The number of benzene rings is 2. The summed E-state index contributed by atoms with van der Waals surface area (Å²) in [6, 6.07) is 16.3. The smallest absolute Gasteiger partial charge is 0.277 e. The van der Waals surface area contributed by atoms with Gasteiger partial charge in [0.15, 0.2) is 0 Å². The standard InChI is InChI=1S/C23H27N3O2S/c1-16-7-5-6-8-17(16)13-14-24-20(27)15-29-22-26-25-21(28-22)18-9-11-19(12-10-18)23(2,3)4/h5-12H,13-15H2,1-4H3,(H,24,27). The summed E-state index contributed by atoms with van der Waals surface area (Å²) >= 11 is 1.25. The maximum atomic E-state index is 12.1. The molecule has 5 nitrogen and oxygen atoms in total. The van der Waals surface area contributed by atoms with Crippen LogP contribution in [0, 0.1) is 6.92 Å². The van der Waals surface area contributed by atoms with Gasteiger partial charge in [-0.05, 0) is 47.6 Å². The molecule has 0 aliphatic rings. The van der Waals surface area contributed by atoms with Crippen LogP contribution in [0.3, 0.4) is 0 Å². The van der Waals surface area contributed by atoms with E-state index in [2.05, 4.69) is 67.5 Å². The number of amides is 1. The number of carbonyl (C=O) groups is 1. The van der Waals surface area contributed by atoms with Crippen LogP contribution in [-0.4, -0.2) is 28.4 Å². The molecule has 1 aromatic heterocycles. The lowest BCUT2D eigenvalue weighted by Crippen LogP contribution is -2.27. The van der Waals surface area contributed by atoms with E-state index in [4.69, 9.17) is 4.42 Å². The van der Waals surface area contributed by atoms with Crippen molar-refractivity contribution in [1.82, 2.24) is 15.5 Å². The monoisotopic (exact) mass is 409 g/mol. The Morgan fingerprint density at radius 3 is 2.48 bits per heavy atom. The molecule has 0 spiro atoms. The lowest BCUT2D eigenvalue weighted by atomic mass is 9.87. The second-order valence-electron chi connectivity index (χ2n) is 8.02. The van der Waals surface area contributed by atoms with E-state index in [1.165, 1.54) is 28.5 Å². The molecule has 29 heavy (non-hydrogen) atoms. The Bertz CT molecular complexity index is 959. The molecule has 6 heteroatoms. The van der Waals surface area contributed by atoms with E-state index in [9.17, 15) is 4.79 Å². The molecule has 2 aromatic carbocycles. The zero-order valence-corrected chi connectivity index (χ0v) is 18.2. The van der Waals surface area contributed by atoms with Crippen LogP contribution < -0.4 is 5.32 Å². The van der Waals surface area contributed by atoms with Crippen LogP contribution in [0.25, 0.3) is 11.5 Å². The molecule has 1 amide bonds. The number of rotatable bonds is 7. The number of nitrogens with zero attached hydrogens (tertiary/aromatic N) is 2. The highest BCUT2D eigenvalue weighted by Crippen LogP contribution is 2.27. The van der Waals surface area contributed by atoms with Gasteiger partial charge >= 0.3 is 0 Å². The predicted molar refractivity (Wildman–Crippen MR) is 117 cm³/mol. The minimum Gasteiger partial charge on any atom is -0.411 e. The van der Waals surface area contributed by atoms with Gasteiger partial charge in [0, 0.05) is 12.1 Å². The SMILES string of the molecule is Cc1ccccc1CCNC(=O)CSc1nnc(-c2ccc(C(C)(C)C)cc2)o1. The summed E-state index contributed by atoms with van der Waals surface area (Å²) in [5, 5.41) is 11.5. The topological polar surface area (TPSA) is 68.0 Å². The number of aryl methyl sites for hydroxylation is 1. The highest BCUT2D eigenvalue weighted by atomic mass is 32.2. The molecule has 0 bridgehead atoms. The summed E-state index contributed by atoms with van der Waals surface area (Å²) in [5.41, 5.74) is 4.71. The zero-order chi connectivity index (χ0) is 20.9. The number of aromatic nitrogens is 2. The van der Waals surface area contributed by atoms with Crippen LogP contribution in [0.4, 0.5) is 0 Å². The number of hydrogen-bond donors (Lipinski definition) is 1. The van der Waals surface area contributed by atoms with Crippen LogP contribution in [0.2, 0.25) is 0 Å². The van der Waals surface area contributed by atoms with Crippen molar-refractivity contribution in [3.63, 3.8) is 0 Å². The van der Waals surface area contributed by atoms with Crippen molar-refractivity contribution in [1.29, 1.82) is 0 Å². The fraction of sp³-hybridized carbons (Fsp3) is 0.348. The van der Waals surface area contributed by atoms with Crippen molar-refractivity contribution in [2.24, 2.45) is 0 Å². The van der Waals surface area contributed by atoms with Crippen LogP contribution in [-0.2, 0) is 16.6 Å². The lowest BCUT2D eigenvalue weighted by Gasteiger charge is -2.18. The minimum atomic E-state index is -0.0436. The number of hydrogen-bond acceptors (Lipinski definition) is 5. The Morgan fingerprint density at radius 2 is 1.79 bits per heavy atom. The zero-order valence-electron chi connectivity index (χ0n) is 17.4. The lowest BCUT2D eigenvalue weighted by molar-refractivity contribution is -0.118. The molecule has 1 heterocycles. The first-order valence-electron chi connectivity index (χ1n) is 9.71. The quantitative estimate of drug-likeness (QED) is 0.568. The summed E-state index contributed by atoms with van der Waals surface area (Å²) in [4.78, 5) is 12.1. The van der Waals surface area contributed by atoms with Gasteiger partial charge in [-0.1, -0.05) is 68.9 Å². The molecule has 0 unspecified atom stereocenters. The predicted octanol–water partition coefficient (Wildman–Crippen LogP) is 4.79. The second-order valence-corrected chi connectivity index (χ2v) is 8.94. The second kappa shape index (κ2) is 9.27. The average molecular weight is 410 g/mol. The molecule has 3 aromatic rings. The van der Waals surface area contributed by atoms with Crippen molar-refractivity contribution < 1.29 is 9.21 Å². The van der Waals surface area contributed by atoms with E-state index in [-0.39, 0.29) is 17.1 Å². The van der Waals surface area contributed by atoms with Gasteiger partial charge in [-0.3, -0.25) is 4.79 Å². The molecule has 0 radical (unpaired) electrons. The Labute approximate surface area is 176 Å². The van der Waals surface area contributed by atoms with Gasteiger partial charge in [0.05, 0.1) is 5.75 Å². The highest BCUT2D eigenvalue weighted by Gasteiger charge is 2.15. The fourth-order valence-corrected chi connectivity index (χ4v) is 3.50. The molecule has 152 valence electrons. The minimum absolute atomic E-state index is 0.0436. The molecule has 1 N–H and O–H groups in total. The summed E-state index contributed by atoms with van der Waals surface area (Å²) in [7, 11) is 0. The first-order valence-corrected chi connectivity index (χ1v) is 10.7. The van der Waals surface area contributed by atoms with E-state index in [1.54, 1.807) is 0 Å². The third-order valence-corrected chi connectivity index (χ3v) is 5.53. The van der Waals surface area contributed by atoms with Crippen molar-refractivity contribution in [3.8, 4) is 11.5 Å². The van der Waals surface area contributed by atoms with Gasteiger partial charge in [0.2, 0.25) is 11.8 Å². The normalized spacial score (nSPS) is 11.4. The Kier molecular flexibility index (Phi) is 6.75. The summed E-state index contributed by atoms with van der Waals surface area (Å²) in [6.07, 6.45) is 0.818. The number of carbonyl (C=O) groups excluding carboxylic acids is 1. The van der Waals surface area contributed by atoms with E-state index in [0.717, 1.165) is 12.0 Å². The van der Waals surface area contributed by atoms with Gasteiger partial charge in [-0.2, -0.15) is 0 Å². The maximum Gasteiger partial charge on any atom is 0.277 e. The Balaban J connectivity index is 1.47. The molecule has 0 saturated carbocycles. The third-order valence-electron chi connectivity index (χ3n) is 4.71. The van der Waals surface area contributed by atoms with Gasteiger partial charge in [0.1, 0.15) is 0 Å². The fourth-order valence-electron chi connectivity index (χ4n) is 2.90. The number of nitrogens with one attached hydrogen (secondary N) is 1. The molecule has 0 atom stereocenters. The molecular weight excluding hydrogens is 382 g/mol. The largest absolute Gasteiger partial charge is 0.411 e. The van der Waals surface area contributed by atoms with E-state index in [1.807, 2.05) is 24.3 Å². The van der Waals surface area contributed by atoms with Crippen LogP contribution in [0.1, 0.15) is 37.5 Å². The van der Waals surface area contributed by atoms with Gasteiger partial charge in [-0.15, -0.1) is 10.2 Å². The van der Waals surface area contributed by atoms with E-state index < -0.39 is 0 Å². The molecule has 0 fully saturated rings. The van der Waals surface area contributed by atoms with Crippen molar-refractivity contribution in [2.45, 2.75) is 44.8 Å². The molecular formula is C23H27N3O2S. The third kappa shape index (κ3) is 5.94. The molecule has 3 rings (SSSR count). The van der Waals surface area contributed by atoms with Crippen LogP contribution in [0.5, 0.6) is 0 Å². The van der Waals surface area contributed by atoms with Crippen molar-refractivity contribution in [2.75, 3.05) is 12.3 Å². The first kappa shape index (κ1) is 21.1. The van der Waals surface area contributed by atoms with Gasteiger partial charge in [-0.25, -0.2) is 0 Å². The molecule has 0 aliphatic heterocycles. The van der Waals surface area contributed by atoms with E-state index in [0.29, 0.717) is 17.7 Å². The summed E-state index contributed by atoms with van der Waals surface area (Å²) in [5.74, 6) is 0.670. The van der Waals surface area contributed by atoms with Crippen LogP contribution in [0.15, 0.2) is 58.2 Å². The Morgan fingerprint density at radius 1 is 1.07 bits per heavy atom. The number of thioether (sulfide) groups is 1. The average Bonchev–Trinajstić information content (AvgIpc) is 3.16. The van der Waals surface area contributed by atoms with Crippen molar-refractivity contribution in [3.05, 3.63) is 65.2 Å². The Hall–Kier alpha value is -2.60. The molecule has 0 saturated heterocycles.